The summed E-state index contributed by atoms with van der Waals surface area (Å²) in [6.07, 6.45) is 4.75. The Morgan fingerprint density at radius 2 is 1.96 bits per heavy atom. The summed E-state index contributed by atoms with van der Waals surface area (Å²) in [5.41, 5.74) is 3.45. The standard InChI is InChI=1S/C22H21NO4/c24-21(25)9-10-26-20-11-17-7-4-8-18-13-23(14-19(12-20)22(17)18)27-15-16-5-2-1-3-6-16/h1-8,12-13H,9-11,14-15H2,(H,24,25). The molecule has 0 saturated carbocycles. The Balaban J connectivity index is 1.54. The number of hydrogen-bond donors (Lipinski definition) is 1. The Labute approximate surface area is 157 Å². The lowest BCUT2D eigenvalue weighted by atomic mass is 9.94. The summed E-state index contributed by atoms with van der Waals surface area (Å²) in [6, 6.07) is 16.3. The van der Waals surface area contributed by atoms with E-state index >= 15 is 0 Å². The van der Waals surface area contributed by atoms with Gasteiger partial charge in [0.25, 0.3) is 0 Å². The topological polar surface area (TPSA) is 59.0 Å². The molecule has 27 heavy (non-hydrogen) atoms. The molecule has 2 aromatic carbocycles. The Kier molecular flexibility index (Phi) is 4.94. The third kappa shape index (κ3) is 4.04. The van der Waals surface area contributed by atoms with Crippen LogP contribution in [-0.2, 0) is 27.4 Å². The molecule has 0 fully saturated rings. The lowest BCUT2D eigenvalue weighted by molar-refractivity contribution is -0.137. The second kappa shape index (κ2) is 7.68. The van der Waals surface area contributed by atoms with Gasteiger partial charge < -0.3 is 9.84 Å². The molecule has 1 aliphatic heterocycles. The van der Waals surface area contributed by atoms with E-state index in [0.29, 0.717) is 19.6 Å². The zero-order chi connectivity index (χ0) is 18.6. The summed E-state index contributed by atoms with van der Waals surface area (Å²) in [6.45, 7) is 1.32. The van der Waals surface area contributed by atoms with Crippen molar-refractivity contribution < 1.29 is 19.5 Å². The van der Waals surface area contributed by atoms with Gasteiger partial charge in [-0.05, 0) is 28.0 Å². The molecule has 0 unspecified atom stereocenters. The summed E-state index contributed by atoms with van der Waals surface area (Å²) in [7, 11) is 0. The van der Waals surface area contributed by atoms with Gasteiger partial charge in [-0.1, -0.05) is 48.5 Å². The smallest absolute Gasteiger partial charge is 0.306 e. The van der Waals surface area contributed by atoms with Crippen LogP contribution in [-0.4, -0.2) is 29.3 Å². The van der Waals surface area contributed by atoms with E-state index in [1.807, 2.05) is 53.7 Å². The Hall–Kier alpha value is -3.05. The Morgan fingerprint density at radius 3 is 2.78 bits per heavy atom. The van der Waals surface area contributed by atoms with Crippen LogP contribution in [0.15, 0.2) is 60.4 Å². The van der Waals surface area contributed by atoms with Crippen LogP contribution in [0.5, 0.6) is 0 Å². The van der Waals surface area contributed by atoms with Gasteiger partial charge in [-0.15, -0.1) is 0 Å². The molecule has 1 aliphatic carbocycles. The molecule has 138 valence electrons. The van der Waals surface area contributed by atoms with Crippen LogP contribution in [0.2, 0.25) is 0 Å². The van der Waals surface area contributed by atoms with Crippen LogP contribution < -0.4 is 10.4 Å². The number of benzene rings is 2. The molecule has 2 aromatic rings. The summed E-state index contributed by atoms with van der Waals surface area (Å²) < 4.78 is 5.70. The Morgan fingerprint density at radius 1 is 1.11 bits per heavy atom. The largest absolute Gasteiger partial charge is 0.497 e. The van der Waals surface area contributed by atoms with Gasteiger partial charge in [0.1, 0.15) is 5.76 Å². The fourth-order valence-electron chi connectivity index (χ4n) is 3.44. The predicted molar refractivity (Wildman–Crippen MR) is 101 cm³/mol. The molecular formula is C22H21NO4. The minimum Gasteiger partial charge on any atom is -0.497 e. The molecule has 1 N–H and O–H groups in total. The lowest BCUT2D eigenvalue weighted by Crippen LogP contribution is -2.42. The zero-order valence-electron chi connectivity index (χ0n) is 14.9. The first-order valence-electron chi connectivity index (χ1n) is 9.00. The molecule has 0 amide bonds. The average molecular weight is 363 g/mol. The molecule has 5 nitrogen and oxygen atoms in total. The number of carboxylic acids is 1. The first-order chi connectivity index (χ1) is 13.2. The molecule has 0 spiro atoms. The van der Waals surface area contributed by atoms with Crippen molar-refractivity contribution in [2.24, 2.45) is 0 Å². The highest BCUT2D eigenvalue weighted by molar-refractivity contribution is 5.67. The number of allylic oxidation sites excluding steroid dienone is 1. The van der Waals surface area contributed by atoms with Crippen molar-refractivity contribution in [3.63, 3.8) is 0 Å². The first-order valence-corrected chi connectivity index (χ1v) is 9.00. The van der Waals surface area contributed by atoms with E-state index in [9.17, 15) is 4.79 Å². The fourth-order valence-corrected chi connectivity index (χ4v) is 3.44. The first kappa shape index (κ1) is 17.4. The second-order valence-corrected chi connectivity index (χ2v) is 6.65. The van der Waals surface area contributed by atoms with Gasteiger partial charge in [0.15, 0.2) is 0 Å². The molecule has 2 aliphatic rings. The maximum atomic E-state index is 10.7. The molecular weight excluding hydrogens is 342 g/mol. The number of hydrogen-bond acceptors (Lipinski definition) is 4. The average Bonchev–Trinajstić information content (AvgIpc) is 2.67. The van der Waals surface area contributed by atoms with Crippen molar-refractivity contribution in [3.05, 3.63) is 81.9 Å². The Bertz CT molecular complexity index is 995. The minimum absolute atomic E-state index is 0.000338. The van der Waals surface area contributed by atoms with Crippen molar-refractivity contribution in [2.75, 3.05) is 13.2 Å². The third-order valence-corrected chi connectivity index (χ3v) is 4.66. The number of carboxylic acid groups (broad SMARTS) is 1. The number of carbonyl (C=O) groups is 1. The van der Waals surface area contributed by atoms with Crippen LogP contribution in [0.1, 0.15) is 17.5 Å². The van der Waals surface area contributed by atoms with Crippen LogP contribution >= 0.6 is 0 Å². The van der Waals surface area contributed by atoms with E-state index in [1.165, 1.54) is 10.8 Å². The van der Waals surface area contributed by atoms with Crippen LogP contribution in [0, 0.1) is 0 Å². The van der Waals surface area contributed by atoms with Gasteiger partial charge in [-0.25, -0.2) is 0 Å². The highest BCUT2D eigenvalue weighted by atomic mass is 16.7. The SMILES string of the molecule is O=C(O)CCOC1=CC2=c3c(cccc3=CN(OCc3ccccc3)C2)C1. The summed E-state index contributed by atoms with van der Waals surface area (Å²) in [5, 5.41) is 13.0. The quantitative estimate of drug-likeness (QED) is 0.815. The van der Waals surface area contributed by atoms with Crippen LogP contribution in [0.3, 0.4) is 0 Å². The number of hydroxylamine groups is 2. The fraction of sp³-hybridized carbons (Fsp3) is 0.227. The molecule has 0 aromatic heterocycles. The van der Waals surface area contributed by atoms with Gasteiger partial charge in [-0.2, -0.15) is 0 Å². The second-order valence-electron chi connectivity index (χ2n) is 6.65. The highest BCUT2D eigenvalue weighted by Gasteiger charge is 2.19. The molecule has 0 atom stereocenters. The van der Waals surface area contributed by atoms with E-state index in [2.05, 4.69) is 12.1 Å². The van der Waals surface area contributed by atoms with Crippen molar-refractivity contribution in [3.8, 4) is 0 Å². The molecule has 4 rings (SSSR count). The van der Waals surface area contributed by atoms with Gasteiger partial charge in [-0.3, -0.25) is 14.7 Å². The zero-order valence-corrected chi connectivity index (χ0v) is 14.9. The minimum atomic E-state index is -0.852. The van der Waals surface area contributed by atoms with Gasteiger partial charge >= 0.3 is 5.97 Å². The summed E-state index contributed by atoms with van der Waals surface area (Å²) in [4.78, 5) is 16.7. The van der Waals surface area contributed by atoms with Crippen molar-refractivity contribution >= 4 is 17.7 Å². The lowest BCUT2D eigenvalue weighted by Gasteiger charge is -2.27. The van der Waals surface area contributed by atoms with Crippen molar-refractivity contribution in [1.29, 1.82) is 0 Å². The van der Waals surface area contributed by atoms with Crippen molar-refractivity contribution in [2.45, 2.75) is 19.4 Å². The highest BCUT2D eigenvalue weighted by Crippen LogP contribution is 2.18. The van der Waals surface area contributed by atoms with Gasteiger partial charge in [0, 0.05) is 17.8 Å². The summed E-state index contributed by atoms with van der Waals surface area (Å²) in [5.74, 6) is -0.0460. The third-order valence-electron chi connectivity index (χ3n) is 4.66. The van der Waals surface area contributed by atoms with E-state index < -0.39 is 5.97 Å². The molecule has 0 radical (unpaired) electrons. The van der Waals surface area contributed by atoms with E-state index in [1.54, 1.807) is 0 Å². The van der Waals surface area contributed by atoms with E-state index in [-0.39, 0.29) is 13.0 Å². The monoisotopic (exact) mass is 363 g/mol. The van der Waals surface area contributed by atoms with E-state index in [4.69, 9.17) is 14.7 Å². The maximum Gasteiger partial charge on any atom is 0.306 e. The van der Waals surface area contributed by atoms with Crippen LogP contribution in [0.25, 0.3) is 11.8 Å². The molecule has 0 bridgehead atoms. The number of aliphatic carboxylic acids is 1. The number of nitrogens with zero attached hydrogens (tertiary/aromatic N) is 1. The van der Waals surface area contributed by atoms with Gasteiger partial charge in [0.2, 0.25) is 0 Å². The predicted octanol–water partition coefficient (Wildman–Crippen LogP) is 1.95. The normalized spacial score (nSPS) is 14.9. The molecule has 0 saturated heterocycles. The summed E-state index contributed by atoms with van der Waals surface area (Å²) >= 11 is 0. The number of rotatable bonds is 7. The number of ether oxygens (including phenoxy) is 1. The van der Waals surface area contributed by atoms with Crippen LogP contribution in [0.4, 0.5) is 0 Å². The van der Waals surface area contributed by atoms with Crippen molar-refractivity contribution in [1.82, 2.24) is 5.06 Å². The molecule has 5 heteroatoms. The maximum absolute atomic E-state index is 10.7. The van der Waals surface area contributed by atoms with Gasteiger partial charge in [0.05, 0.1) is 26.2 Å². The van der Waals surface area contributed by atoms with E-state index in [0.717, 1.165) is 22.1 Å². The molecule has 1 heterocycles.